The average Bonchev–Trinajstić information content (AvgIpc) is 2.89. The Morgan fingerprint density at radius 1 is 1.14 bits per heavy atom. The molecule has 0 saturated heterocycles. The number of anilines is 2. The van der Waals surface area contributed by atoms with Crippen molar-refractivity contribution in [3.8, 4) is 0 Å². The lowest BCUT2D eigenvalue weighted by Gasteiger charge is -2.21. The van der Waals surface area contributed by atoms with Gasteiger partial charge >= 0.3 is 0 Å². The van der Waals surface area contributed by atoms with Gasteiger partial charge < -0.3 is 10.2 Å². The molecule has 0 atom stereocenters. The van der Waals surface area contributed by atoms with E-state index < -0.39 is 11.6 Å². The fraction of sp³-hybridized carbons (Fsp3) is 0.294. The number of para-hydroxylation sites is 1. The molecule has 1 aliphatic rings. The minimum absolute atomic E-state index is 0.0557. The van der Waals surface area contributed by atoms with Gasteiger partial charge in [0.05, 0.1) is 0 Å². The third kappa shape index (κ3) is 2.63. The zero-order valence-electron chi connectivity index (χ0n) is 12.0. The zero-order chi connectivity index (χ0) is 14.8. The third-order valence-electron chi connectivity index (χ3n) is 3.81. The summed E-state index contributed by atoms with van der Waals surface area (Å²) in [6.45, 7) is 3.81. The summed E-state index contributed by atoms with van der Waals surface area (Å²) in [7, 11) is 0. The molecular weight excluding hydrogens is 270 g/mol. The second-order valence-corrected chi connectivity index (χ2v) is 5.22. The summed E-state index contributed by atoms with van der Waals surface area (Å²) < 4.78 is 28.7. The van der Waals surface area contributed by atoms with Gasteiger partial charge in [-0.25, -0.2) is 8.78 Å². The molecule has 21 heavy (non-hydrogen) atoms. The number of halogens is 2. The summed E-state index contributed by atoms with van der Waals surface area (Å²) in [5.74, 6) is -1.00. The molecule has 0 saturated carbocycles. The van der Waals surface area contributed by atoms with Gasteiger partial charge in [0, 0.05) is 18.8 Å². The van der Waals surface area contributed by atoms with Gasteiger partial charge in [-0.2, -0.15) is 0 Å². The van der Waals surface area contributed by atoms with E-state index in [-0.39, 0.29) is 5.69 Å². The molecule has 0 spiro atoms. The fourth-order valence-corrected chi connectivity index (χ4v) is 2.82. The maximum atomic E-state index is 14.4. The lowest BCUT2D eigenvalue weighted by atomic mass is 10.1. The van der Waals surface area contributed by atoms with Gasteiger partial charge in [0.2, 0.25) is 0 Å². The lowest BCUT2D eigenvalue weighted by molar-refractivity contribution is 0.575. The van der Waals surface area contributed by atoms with Crippen molar-refractivity contribution < 1.29 is 8.78 Å². The average molecular weight is 288 g/mol. The predicted octanol–water partition coefficient (Wildman–Crippen LogP) is 3.77. The van der Waals surface area contributed by atoms with Crippen molar-refractivity contribution in [2.24, 2.45) is 0 Å². The van der Waals surface area contributed by atoms with Crippen LogP contribution in [0.3, 0.4) is 0 Å². The number of nitrogens with one attached hydrogen (secondary N) is 1. The van der Waals surface area contributed by atoms with Crippen molar-refractivity contribution in [1.29, 1.82) is 0 Å². The Balaban J connectivity index is 1.97. The van der Waals surface area contributed by atoms with E-state index in [1.165, 1.54) is 12.1 Å². The van der Waals surface area contributed by atoms with Gasteiger partial charge in [0.25, 0.3) is 0 Å². The first kappa shape index (κ1) is 14.0. The van der Waals surface area contributed by atoms with Crippen molar-refractivity contribution in [3.05, 3.63) is 59.2 Å². The zero-order valence-corrected chi connectivity index (χ0v) is 12.0. The summed E-state index contributed by atoms with van der Waals surface area (Å²) in [4.78, 5) is 1.73. The second-order valence-electron chi connectivity index (χ2n) is 5.22. The normalized spacial score (nSPS) is 13.6. The van der Waals surface area contributed by atoms with E-state index >= 15 is 0 Å². The molecule has 0 fully saturated rings. The van der Waals surface area contributed by atoms with Crippen molar-refractivity contribution in [2.45, 2.75) is 19.9 Å². The molecule has 1 aliphatic heterocycles. The maximum absolute atomic E-state index is 14.4. The maximum Gasteiger partial charge on any atom is 0.150 e. The summed E-state index contributed by atoms with van der Waals surface area (Å²) in [5.41, 5.74) is 2.71. The third-order valence-corrected chi connectivity index (χ3v) is 3.81. The quantitative estimate of drug-likeness (QED) is 0.921. The van der Waals surface area contributed by atoms with Crippen molar-refractivity contribution >= 4 is 11.4 Å². The molecule has 0 bridgehead atoms. The van der Waals surface area contributed by atoms with Gasteiger partial charge in [-0.3, -0.25) is 0 Å². The minimum Gasteiger partial charge on any atom is -0.336 e. The highest BCUT2D eigenvalue weighted by Crippen LogP contribution is 2.37. The van der Waals surface area contributed by atoms with Gasteiger partial charge in [-0.15, -0.1) is 0 Å². The standard InChI is InChI=1S/C17H18F2N2/c1-2-20-11-12-9-14(18)17(15(19)10-12)21-8-7-13-5-3-4-6-16(13)21/h3-6,9-10,20H,2,7-8,11H2,1H3. The van der Waals surface area contributed by atoms with Crippen LogP contribution in [0.2, 0.25) is 0 Å². The van der Waals surface area contributed by atoms with E-state index in [1.807, 2.05) is 31.2 Å². The number of rotatable bonds is 4. The Morgan fingerprint density at radius 2 is 1.86 bits per heavy atom. The van der Waals surface area contributed by atoms with E-state index in [0.717, 1.165) is 24.2 Å². The monoisotopic (exact) mass is 288 g/mol. The molecule has 1 heterocycles. The molecule has 1 N–H and O–H groups in total. The van der Waals surface area contributed by atoms with Gasteiger partial charge in [-0.1, -0.05) is 25.1 Å². The number of hydrogen-bond donors (Lipinski definition) is 1. The Hall–Kier alpha value is -1.94. The van der Waals surface area contributed by atoms with E-state index in [9.17, 15) is 8.78 Å². The van der Waals surface area contributed by atoms with E-state index in [0.29, 0.717) is 18.7 Å². The minimum atomic E-state index is -0.500. The number of fused-ring (bicyclic) bond motifs is 1. The summed E-state index contributed by atoms with van der Waals surface area (Å²) in [6, 6.07) is 10.6. The van der Waals surface area contributed by atoms with Crippen LogP contribution in [-0.4, -0.2) is 13.1 Å². The van der Waals surface area contributed by atoms with Crippen LogP contribution in [0.4, 0.5) is 20.2 Å². The molecule has 4 heteroatoms. The highest BCUT2D eigenvalue weighted by Gasteiger charge is 2.25. The molecular formula is C17H18F2N2. The Kier molecular flexibility index (Phi) is 3.88. The highest BCUT2D eigenvalue weighted by atomic mass is 19.1. The largest absolute Gasteiger partial charge is 0.336 e. The van der Waals surface area contributed by atoms with Crippen LogP contribution < -0.4 is 10.2 Å². The van der Waals surface area contributed by atoms with Crippen LogP contribution in [0.1, 0.15) is 18.1 Å². The van der Waals surface area contributed by atoms with Crippen LogP contribution in [0.5, 0.6) is 0 Å². The molecule has 0 radical (unpaired) electrons. The van der Waals surface area contributed by atoms with Crippen molar-refractivity contribution in [2.75, 3.05) is 18.0 Å². The number of nitrogens with zero attached hydrogens (tertiary/aromatic N) is 1. The second kappa shape index (κ2) is 5.82. The number of hydrogen-bond acceptors (Lipinski definition) is 2. The molecule has 0 amide bonds. The highest BCUT2D eigenvalue weighted by molar-refractivity contribution is 5.70. The summed E-state index contributed by atoms with van der Waals surface area (Å²) >= 11 is 0. The van der Waals surface area contributed by atoms with Crippen LogP contribution in [0, 0.1) is 11.6 Å². The van der Waals surface area contributed by atoms with Crippen LogP contribution >= 0.6 is 0 Å². The van der Waals surface area contributed by atoms with E-state index in [1.54, 1.807) is 4.90 Å². The SMILES string of the molecule is CCNCc1cc(F)c(N2CCc3ccccc32)c(F)c1. The topological polar surface area (TPSA) is 15.3 Å². The smallest absolute Gasteiger partial charge is 0.150 e. The van der Waals surface area contributed by atoms with E-state index in [4.69, 9.17) is 0 Å². The van der Waals surface area contributed by atoms with Crippen molar-refractivity contribution in [3.63, 3.8) is 0 Å². The van der Waals surface area contributed by atoms with Crippen LogP contribution in [0.15, 0.2) is 36.4 Å². The summed E-state index contributed by atoms with van der Waals surface area (Å²) in [6.07, 6.45) is 0.814. The fourth-order valence-electron chi connectivity index (χ4n) is 2.82. The molecule has 0 aromatic heterocycles. The Labute approximate surface area is 123 Å². The molecule has 3 rings (SSSR count). The first-order valence-electron chi connectivity index (χ1n) is 7.24. The molecule has 0 aliphatic carbocycles. The molecule has 110 valence electrons. The van der Waals surface area contributed by atoms with E-state index in [2.05, 4.69) is 5.32 Å². The molecule has 0 unspecified atom stereocenters. The Morgan fingerprint density at radius 3 is 2.57 bits per heavy atom. The van der Waals surface area contributed by atoms with Gasteiger partial charge in [0.1, 0.15) is 17.3 Å². The molecule has 2 aromatic carbocycles. The molecule has 2 aromatic rings. The predicted molar refractivity (Wildman–Crippen MR) is 80.9 cm³/mol. The number of benzene rings is 2. The first-order chi connectivity index (χ1) is 10.2. The Bertz CT molecular complexity index is 632. The lowest BCUT2D eigenvalue weighted by Crippen LogP contribution is -2.18. The van der Waals surface area contributed by atoms with Crippen molar-refractivity contribution in [1.82, 2.24) is 5.32 Å². The van der Waals surface area contributed by atoms with Gasteiger partial charge in [0.15, 0.2) is 0 Å². The van der Waals surface area contributed by atoms with Crippen LogP contribution in [0.25, 0.3) is 0 Å². The summed E-state index contributed by atoms with van der Waals surface area (Å²) in [5, 5.41) is 3.08. The van der Waals surface area contributed by atoms with Crippen LogP contribution in [-0.2, 0) is 13.0 Å². The molecule has 2 nitrogen and oxygen atoms in total. The van der Waals surface area contributed by atoms with Gasteiger partial charge in [-0.05, 0) is 42.3 Å². The first-order valence-corrected chi connectivity index (χ1v) is 7.24.